The van der Waals surface area contributed by atoms with Gasteiger partial charge in [-0.2, -0.15) is 0 Å². The topological polar surface area (TPSA) is 198 Å². The van der Waals surface area contributed by atoms with Gasteiger partial charge in [-0.3, -0.25) is 30.0 Å². The number of methoxy groups -OCH3 is 2. The number of ether oxygens (including phenoxy) is 2. The number of nitrogens with one attached hydrogen (secondary N) is 2. The molecule has 62 heavy (non-hydrogen) atoms. The van der Waals surface area contributed by atoms with Gasteiger partial charge in [0.15, 0.2) is 0 Å². The van der Waals surface area contributed by atoms with Crippen LogP contribution in [-0.2, 0) is 6.42 Å². The second-order valence-corrected chi connectivity index (χ2v) is 17.2. The number of amides is 4. The van der Waals surface area contributed by atoms with E-state index in [-0.39, 0.29) is 34.0 Å². The number of hydrazine groups is 2. The van der Waals surface area contributed by atoms with E-state index in [2.05, 4.69) is 10.9 Å². The first-order chi connectivity index (χ1) is 29.1. The molecule has 4 aromatic rings. The summed E-state index contributed by atoms with van der Waals surface area (Å²) in [6.07, 6.45) is 1.03. The zero-order valence-corrected chi connectivity index (χ0v) is 37.6. The summed E-state index contributed by atoms with van der Waals surface area (Å²) in [6, 6.07) is 19.4. The van der Waals surface area contributed by atoms with Crippen LogP contribution in [-0.4, -0.2) is 94.3 Å². The smallest absolute Gasteiger partial charge is 0.489 e. The Morgan fingerprint density at radius 3 is 1.60 bits per heavy atom. The van der Waals surface area contributed by atoms with E-state index in [1.165, 1.54) is 60.6 Å². The van der Waals surface area contributed by atoms with Gasteiger partial charge in [-0.1, -0.05) is 84.9 Å². The maximum atomic E-state index is 14.6. The van der Waals surface area contributed by atoms with Gasteiger partial charge in [0, 0.05) is 33.4 Å². The number of carbonyl (C=O) groups is 4. The van der Waals surface area contributed by atoms with Crippen molar-refractivity contribution < 1.29 is 48.7 Å². The molecule has 4 rings (SSSR count). The third-order valence-electron chi connectivity index (χ3n) is 11.4. The average molecular weight is 851 g/mol. The number of hydrogen-bond donors (Lipinski definition) is 6. The molecule has 0 fully saturated rings. The molecular weight excluding hydrogens is 790 g/mol. The quantitative estimate of drug-likeness (QED) is 0.0748. The van der Waals surface area contributed by atoms with Gasteiger partial charge in [-0.25, -0.2) is 10.0 Å². The highest BCUT2D eigenvalue weighted by Crippen LogP contribution is 2.33. The van der Waals surface area contributed by atoms with Crippen molar-refractivity contribution in [1.82, 2.24) is 20.9 Å². The third-order valence-corrected chi connectivity index (χ3v) is 11.4. The Hall–Kier alpha value is -5.67. The molecule has 0 aromatic heterocycles. The molecule has 2 unspecified atom stereocenters. The first-order valence-corrected chi connectivity index (χ1v) is 20.6. The molecule has 0 aliphatic carbocycles. The summed E-state index contributed by atoms with van der Waals surface area (Å²) in [4.78, 5) is 56.9. The van der Waals surface area contributed by atoms with Gasteiger partial charge in [0.1, 0.15) is 11.5 Å². The Morgan fingerprint density at radius 2 is 1.15 bits per heavy atom. The molecule has 330 valence electrons. The maximum absolute atomic E-state index is 14.6. The second-order valence-electron chi connectivity index (χ2n) is 17.2. The standard InChI is InChI=1S/C46H60B2N4O10/c1-12-39(45(5,6)7)51(49-41(53)33-19-15-21-37(61-10)28(33)3)44(56)35-24-23-30(25-36(35)48(59)60)27-46(8,9)40(13-2)52(43(55)31-17-14-18-32(26-31)47(57)58)50-42(54)34-20-16-22-38(62-11)29(34)4/h14-26,39-40,57-60H,12-13,27H2,1-11H3,(H,49,53)(H,50,54). The van der Waals surface area contributed by atoms with Gasteiger partial charge in [0.2, 0.25) is 0 Å². The van der Waals surface area contributed by atoms with Crippen LogP contribution in [0.5, 0.6) is 11.5 Å². The van der Waals surface area contributed by atoms with Gasteiger partial charge in [0.05, 0.1) is 26.3 Å². The molecule has 2 atom stereocenters. The molecule has 4 aromatic carbocycles. The van der Waals surface area contributed by atoms with Crippen LogP contribution in [0.25, 0.3) is 0 Å². The van der Waals surface area contributed by atoms with Gasteiger partial charge in [0.25, 0.3) is 23.6 Å². The lowest BCUT2D eigenvalue weighted by molar-refractivity contribution is 0.0249. The largest absolute Gasteiger partial charge is 0.496 e. The zero-order chi connectivity index (χ0) is 46.3. The fraction of sp³-hybridized carbons (Fsp3) is 0.391. The van der Waals surface area contributed by atoms with Gasteiger partial charge in [-0.15, -0.1) is 0 Å². The van der Waals surface area contributed by atoms with Crippen molar-refractivity contribution in [3.63, 3.8) is 0 Å². The third kappa shape index (κ3) is 11.0. The van der Waals surface area contributed by atoms with Crippen molar-refractivity contribution in [2.45, 2.75) is 93.7 Å². The Kier molecular flexibility index (Phi) is 16.2. The van der Waals surface area contributed by atoms with Crippen molar-refractivity contribution in [3.05, 3.63) is 118 Å². The average Bonchev–Trinajstić information content (AvgIpc) is 3.22. The van der Waals surface area contributed by atoms with E-state index in [0.29, 0.717) is 46.6 Å². The van der Waals surface area contributed by atoms with Gasteiger partial charge < -0.3 is 29.6 Å². The Balaban J connectivity index is 1.77. The normalized spacial score (nSPS) is 12.4. The van der Waals surface area contributed by atoms with Crippen molar-refractivity contribution >= 4 is 48.8 Å². The van der Waals surface area contributed by atoms with Crippen LogP contribution in [0.4, 0.5) is 0 Å². The molecule has 0 heterocycles. The van der Waals surface area contributed by atoms with Gasteiger partial charge in [-0.05, 0) is 103 Å². The second kappa shape index (κ2) is 20.5. The molecular formula is C46H60B2N4O10. The predicted octanol–water partition coefficient (Wildman–Crippen LogP) is 4.13. The van der Waals surface area contributed by atoms with E-state index >= 15 is 0 Å². The predicted molar refractivity (Wildman–Crippen MR) is 240 cm³/mol. The van der Waals surface area contributed by atoms with E-state index in [1.54, 1.807) is 56.3 Å². The molecule has 0 saturated carbocycles. The van der Waals surface area contributed by atoms with Crippen LogP contribution in [0.15, 0.2) is 78.9 Å². The number of carbonyl (C=O) groups excluding carboxylic acids is 4. The molecule has 0 radical (unpaired) electrons. The minimum Gasteiger partial charge on any atom is -0.496 e. The zero-order valence-electron chi connectivity index (χ0n) is 37.6. The summed E-state index contributed by atoms with van der Waals surface area (Å²) in [6.45, 7) is 16.9. The molecule has 0 aliphatic rings. The number of hydrogen-bond acceptors (Lipinski definition) is 10. The summed E-state index contributed by atoms with van der Waals surface area (Å²) in [5.74, 6) is -1.38. The minimum atomic E-state index is -2.08. The Labute approximate surface area is 365 Å². The highest BCUT2D eigenvalue weighted by atomic mass is 16.5. The number of benzene rings is 4. The fourth-order valence-electron chi connectivity index (χ4n) is 8.19. The number of nitrogens with zero attached hydrogens (tertiary/aromatic N) is 2. The summed E-state index contributed by atoms with van der Waals surface area (Å²) >= 11 is 0. The first kappa shape index (κ1) is 49.0. The number of rotatable bonds is 15. The molecule has 4 amide bonds. The summed E-state index contributed by atoms with van der Waals surface area (Å²) < 4.78 is 10.9. The summed E-state index contributed by atoms with van der Waals surface area (Å²) in [5.41, 5.74) is 6.67. The fourth-order valence-corrected chi connectivity index (χ4v) is 8.19. The van der Waals surface area contributed by atoms with Crippen molar-refractivity contribution in [2.24, 2.45) is 10.8 Å². The Morgan fingerprint density at radius 1 is 0.645 bits per heavy atom. The highest BCUT2D eigenvalue weighted by molar-refractivity contribution is 6.60. The van der Waals surface area contributed by atoms with Gasteiger partial charge >= 0.3 is 14.2 Å². The Bertz CT molecular complexity index is 2260. The van der Waals surface area contributed by atoms with E-state index in [9.17, 15) is 39.3 Å². The molecule has 0 saturated heterocycles. The highest BCUT2D eigenvalue weighted by Gasteiger charge is 2.40. The minimum absolute atomic E-state index is 0.0392. The molecule has 0 aliphatic heterocycles. The van der Waals surface area contributed by atoms with Crippen LogP contribution in [0.1, 0.15) is 119 Å². The molecule has 14 nitrogen and oxygen atoms in total. The maximum Gasteiger partial charge on any atom is 0.489 e. The summed E-state index contributed by atoms with van der Waals surface area (Å²) in [7, 11) is -0.917. The molecule has 0 bridgehead atoms. The van der Waals surface area contributed by atoms with Crippen molar-refractivity contribution in [3.8, 4) is 11.5 Å². The van der Waals surface area contributed by atoms with Crippen LogP contribution < -0.4 is 31.3 Å². The van der Waals surface area contributed by atoms with Crippen LogP contribution in [0.3, 0.4) is 0 Å². The molecule has 16 heteroatoms. The van der Waals surface area contributed by atoms with E-state index < -0.39 is 60.8 Å². The first-order valence-electron chi connectivity index (χ1n) is 20.6. The van der Waals surface area contributed by atoms with Crippen LogP contribution in [0, 0.1) is 24.7 Å². The van der Waals surface area contributed by atoms with E-state index in [4.69, 9.17) is 9.47 Å². The summed E-state index contributed by atoms with van der Waals surface area (Å²) in [5, 5.41) is 43.9. The lowest BCUT2D eigenvalue weighted by atomic mass is 9.72. The monoisotopic (exact) mass is 850 g/mol. The van der Waals surface area contributed by atoms with Crippen LogP contribution >= 0.6 is 0 Å². The van der Waals surface area contributed by atoms with Crippen molar-refractivity contribution in [2.75, 3.05) is 14.2 Å². The van der Waals surface area contributed by atoms with E-state index in [0.717, 1.165) is 0 Å². The molecule has 0 spiro atoms. The van der Waals surface area contributed by atoms with Crippen LogP contribution in [0.2, 0.25) is 0 Å². The SMILES string of the molecule is CCC(N(NC(=O)c1cccc(OC)c1C)C(=O)c1ccc(CC(C)(C)C(CC)N(NC(=O)c2cccc(OC)c2C)C(=O)c2cccc(B(O)O)c2)cc1B(O)O)C(C)(C)C. The van der Waals surface area contributed by atoms with E-state index in [1.807, 2.05) is 48.5 Å². The lowest BCUT2D eigenvalue weighted by Crippen LogP contribution is -2.57. The lowest BCUT2D eigenvalue weighted by Gasteiger charge is -2.42. The molecule has 6 N–H and O–H groups in total. The van der Waals surface area contributed by atoms with Crippen molar-refractivity contribution in [1.29, 1.82) is 0 Å².